The predicted octanol–water partition coefficient (Wildman–Crippen LogP) is 1.76. The lowest BCUT2D eigenvalue weighted by Gasteiger charge is -2.24. The first-order chi connectivity index (χ1) is 11.3. The number of nitrogens with one attached hydrogen (secondary N) is 1. The zero-order valence-electron chi connectivity index (χ0n) is 13.5. The molecule has 0 aliphatic carbocycles. The van der Waals surface area contributed by atoms with Crippen LogP contribution in [-0.4, -0.2) is 45.0 Å². The number of hydrogen-bond donors (Lipinski definition) is 1. The fraction of sp³-hybridized carbons (Fsp3) is 0.471. The highest BCUT2D eigenvalue weighted by Crippen LogP contribution is 2.16. The Morgan fingerprint density at radius 1 is 1.35 bits per heavy atom. The standard InChI is InChI=1S/C17H23N5O/c1-21-10-4-2-3-7-15(21)17(23)20-12-14-6-5-8-19-16(14)22-11-9-18-13-22/h5-6,8-9,11,13,15H,2-4,7,10,12H2,1H3,(H,20,23)/t15-/m1/s1. The number of pyridine rings is 1. The number of rotatable bonds is 4. The summed E-state index contributed by atoms with van der Waals surface area (Å²) in [5, 5.41) is 3.07. The van der Waals surface area contributed by atoms with Crippen LogP contribution in [0.2, 0.25) is 0 Å². The predicted molar refractivity (Wildman–Crippen MR) is 88.1 cm³/mol. The molecule has 3 heterocycles. The quantitative estimate of drug-likeness (QED) is 0.934. The van der Waals surface area contributed by atoms with Gasteiger partial charge in [-0.2, -0.15) is 0 Å². The Labute approximate surface area is 136 Å². The van der Waals surface area contributed by atoms with E-state index in [-0.39, 0.29) is 11.9 Å². The maximum atomic E-state index is 12.5. The summed E-state index contributed by atoms with van der Waals surface area (Å²) in [7, 11) is 2.04. The van der Waals surface area contributed by atoms with E-state index < -0.39 is 0 Å². The van der Waals surface area contributed by atoms with Crippen LogP contribution in [0.5, 0.6) is 0 Å². The van der Waals surface area contributed by atoms with Crippen molar-refractivity contribution in [3.05, 3.63) is 42.6 Å². The van der Waals surface area contributed by atoms with Gasteiger partial charge in [-0.1, -0.05) is 18.9 Å². The maximum Gasteiger partial charge on any atom is 0.237 e. The SMILES string of the molecule is CN1CCCCC[C@@H]1C(=O)NCc1cccnc1-n1ccnc1. The van der Waals surface area contributed by atoms with E-state index in [1.54, 1.807) is 18.7 Å². The molecule has 6 nitrogen and oxygen atoms in total. The summed E-state index contributed by atoms with van der Waals surface area (Å²) in [6.07, 6.45) is 11.5. The molecular formula is C17H23N5O. The minimum Gasteiger partial charge on any atom is -0.351 e. The second-order valence-corrected chi connectivity index (χ2v) is 6.02. The molecule has 1 fully saturated rings. The number of amides is 1. The van der Waals surface area contributed by atoms with Crippen LogP contribution in [0.25, 0.3) is 5.82 Å². The van der Waals surface area contributed by atoms with Crippen molar-refractivity contribution < 1.29 is 4.79 Å². The number of carbonyl (C=O) groups excluding carboxylic acids is 1. The molecule has 1 atom stereocenters. The Morgan fingerprint density at radius 3 is 3.09 bits per heavy atom. The fourth-order valence-electron chi connectivity index (χ4n) is 3.07. The molecule has 1 N–H and O–H groups in total. The van der Waals surface area contributed by atoms with Crippen molar-refractivity contribution in [1.82, 2.24) is 24.8 Å². The third kappa shape index (κ3) is 3.76. The van der Waals surface area contributed by atoms with Gasteiger partial charge in [0.05, 0.1) is 6.04 Å². The van der Waals surface area contributed by atoms with E-state index in [1.165, 1.54) is 12.8 Å². The normalized spacial score (nSPS) is 19.3. The van der Waals surface area contributed by atoms with E-state index in [2.05, 4.69) is 20.2 Å². The van der Waals surface area contributed by atoms with Gasteiger partial charge in [0.25, 0.3) is 0 Å². The van der Waals surface area contributed by atoms with Crippen molar-refractivity contribution in [3.63, 3.8) is 0 Å². The lowest BCUT2D eigenvalue weighted by atomic mass is 10.1. The fourth-order valence-corrected chi connectivity index (χ4v) is 3.07. The van der Waals surface area contributed by atoms with Crippen LogP contribution in [0.4, 0.5) is 0 Å². The zero-order chi connectivity index (χ0) is 16.1. The van der Waals surface area contributed by atoms with Gasteiger partial charge < -0.3 is 5.32 Å². The topological polar surface area (TPSA) is 63.1 Å². The number of carbonyl (C=O) groups is 1. The summed E-state index contributed by atoms with van der Waals surface area (Å²) in [6.45, 7) is 1.47. The van der Waals surface area contributed by atoms with Crippen LogP contribution in [0.1, 0.15) is 31.2 Å². The molecule has 3 rings (SSSR count). The van der Waals surface area contributed by atoms with Crippen LogP contribution in [-0.2, 0) is 11.3 Å². The molecule has 2 aromatic heterocycles. The lowest BCUT2D eigenvalue weighted by Crippen LogP contribution is -2.44. The smallest absolute Gasteiger partial charge is 0.237 e. The van der Waals surface area contributed by atoms with Crippen LogP contribution < -0.4 is 5.32 Å². The number of likely N-dealkylation sites (tertiary alicyclic amines) is 1. The largest absolute Gasteiger partial charge is 0.351 e. The van der Waals surface area contributed by atoms with Crippen molar-refractivity contribution in [3.8, 4) is 5.82 Å². The van der Waals surface area contributed by atoms with Gasteiger partial charge in [-0.15, -0.1) is 0 Å². The summed E-state index contributed by atoms with van der Waals surface area (Å²) >= 11 is 0. The minimum atomic E-state index is -0.0223. The van der Waals surface area contributed by atoms with Gasteiger partial charge >= 0.3 is 0 Å². The number of imidazole rings is 1. The minimum absolute atomic E-state index is 0.0223. The van der Waals surface area contributed by atoms with Crippen LogP contribution >= 0.6 is 0 Å². The van der Waals surface area contributed by atoms with E-state index in [4.69, 9.17) is 0 Å². The molecule has 0 bridgehead atoms. The highest BCUT2D eigenvalue weighted by Gasteiger charge is 2.24. The van der Waals surface area contributed by atoms with Gasteiger partial charge in [0, 0.05) is 30.7 Å². The highest BCUT2D eigenvalue weighted by atomic mass is 16.2. The van der Waals surface area contributed by atoms with Crippen molar-refractivity contribution in [2.75, 3.05) is 13.6 Å². The van der Waals surface area contributed by atoms with Crippen molar-refractivity contribution in [2.24, 2.45) is 0 Å². The molecule has 6 heteroatoms. The molecule has 23 heavy (non-hydrogen) atoms. The molecular weight excluding hydrogens is 290 g/mol. The third-order valence-corrected chi connectivity index (χ3v) is 4.39. The summed E-state index contributed by atoms with van der Waals surface area (Å²) in [5.74, 6) is 0.911. The first-order valence-corrected chi connectivity index (χ1v) is 8.16. The number of nitrogens with zero attached hydrogens (tertiary/aromatic N) is 4. The highest BCUT2D eigenvalue weighted by molar-refractivity contribution is 5.81. The lowest BCUT2D eigenvalue weighted by molar-refractivity contribution is -0.126. The summed E-state index contributed by atoms with van der Waals surface area (Å²) < 4.78 is 1.86. The van der Waals surface area contributed by atoms with Crippen molar-refractivity contribution in [1.29, 1.82) is 0 Å². The maximum absolute atomic E-state index is 12.5. The van der Waals surface area contributed by atoms with E-state index in [0.717, 1.165) is 30.8 Å². The summed E-state index contributed by atoms with van der Waals surface area (Å²) in [6, 6.07) is 3.85. The molecule has 2 aromatic rings. The van der Waals surface area contributed by atoms with Gasteiger partial charge in [0.2, 0.25) is 5.91 Å². The van der Waals surface area contributed by atoms with Crippen LogP contribution in [0.3, 0.4) is 0 Å². The van der Waals surface area contributed by atoms with E-state index >= 15 is 0 Å². The molecule has 0 unspecified atom stereocenters. The van der Waals surface area contributed by atoms with E-state index in [1.807, 2.05) is 29.9 Å². The Bertz CT molecular complexity index is 640. The van der Waals surface area contributed by atoms with Crippen LogP contribution in [0.15, 0.2) is 37.1 Å². The zero-order valence-corrected chi connectivity index (χ0v) is 13.5. The number of aromatic nitrogens is 3. The summed E-state index contributed by atoms with van der Waals surface area (Å²) in [4.78, 5) is 23.2. The molecule has 122 valence electrons. The van der Waals surface area contributed by atoms with Gasteiger partial charge in [0.1, 0.15) is 12.1 Å². The monoisotopic (exact) mass is 313 g/mol. The molecule has 1 aliphatic heterocycles. The van der Waals surface area contributed by atoms with Gasteiger partial charge in [0.15, 0.2) is 0 Å². The molecule has 0 radical (unpaired) electrons. The molecule has 0 saturated carbocycles. The number of hydrogen-bond acceptors (Lipinski definition) is 4. The van der Waals surface area contributed by atoms with Crippen molar-refractivity contribution >= 4 is 5.91 Å². The Hall–Kier alpha value is -2.21. The van der Waals surface area contributed by atoms with Crippen LogP contribution in [0, 0.1) is 0 Å². The first kappa shape index (κ1) is 15.7. The third-order valence-electron chi connectivity index (χ3n) is 4.39. The Morgan fingerprint density at radius 2 is 2.26 bits per heavy atom. The van der Waals surface area contributed by atoms with E-state index in [0.29, 0.717) is 6.54 Å². The van der Waals surface area contributed by atoms with Gasteiger partial charge in [-0.05, 0) is 32.5 Å². The Balaban J connectivity index is 1.67. The molecule has 1 saturated heterocycles. The molecule has 1 aliphatic rings. The average Bonchev–Trinajstić information content (AvgIpc) is 3.02. The number of likely N-dealkylation sites (N-methyl/N-ethyl adjacent to an activating group) is 1. The molecule has 0 spiro atoms. The van der Waals surface area contributed by atoms with Gasteiger partial charge in [-0.3, -0.25) is 14.3 Å². The van der Waals surface area contributed by atoms with Crippen molar-refractivity contribution in [2.45, 2.75) is 38.3 Å². The first-order valence-electron chi connectivity index (χ1n) is 8.16. The van der Waals surface area contributed by atoms with E-state index in [9.17, 15) is 4.79 Å². The Kier molecular flexibility index (Phi) is 5.02. The molecule has 1 amide bonds. The molecule has 0 aromatic carbocycles. The summed E-state index contributed by atoms with van der Waals surface area (Å²) in [5.41, 5.74) is 0.982. The second kappa shape index (κ2) is 7.37. The van der Waals surface area contributed by atoms with Gasteiger partial charge in [-0.25, -0.2) is 9.97 Å². The average molecular weight is 313 g/mol. The second-order valence-electron chi connectivity index (χ2n) is 6.02.